The Balaban J connectivity index is 1.68. The van der Waals surface area contributed by atoms with Gasteiger partial charge < -0.3 is 20.2 Å². The minimum atomic E-state index is -0.277. The molecule has 146 valence electrons. The van der Waals surface area contributed by atoms with Gasteiger partial charge >= 0.3 is 6.03 Å². The molecule has 0 spiro atoms. The molecular weight excluding hydrogens is 356 g/mol. The molecule has 3 atom stereocenters. The van der Waals surface area contributed by atoms with E-state index >= 15 is 0 Å². The molecule has 3 heterocycles. The molecule has 7 heteroatoms. The molecule has 4 rings (SSSR count). The number of urea groups is 1. The summed E-state index contributed by atoms with van der Waals surface area (Å²) >= 11 is 0. The maximum Gasteiger partial charge on any atom is 0.318 e. The third-order valence-corrected chi connectivity index (χ3v) is 5.62. The predicted octanol–water partition coefficient (Wildman–Crippen LogP) is 1.99. The van der Waals surface area contributed by atoms with E-state index in [1.165, 1.54) is 0 Å². The van der Waals surface area contributed by atoms with Crippen LogP contribution in [0.4, 0.5) is 10.5 Å². The van der Waals surface area contributed by atoms with Crippen molar-refractivity contribution in [3.8, 4) is 0 Å². The fourth-order valence-electron chi connectivity index (χ4n) is 4.33. The van der Waals surface area contributed by atoms with E-state index in [4.69, 9.17) is 0 Å². The van der Waals surface area contributed by atoms with Crippen molar-refractivity contribution in [1.29, 1.82) is 0 Å². The fraction of sp³-hybridized carbons (Fsp3) is 0.381. The molecule has 0 unspecified atom stereocenters. The first-order chi connectivity index (χ1) is 13.7. The highest BCUT2D eigenvalue weighted by atomic mass is 16.3. The van der Waals surface area contributed by atoms with Crippen molar-refractivity contribution in [2.24, 2.45) is 0 Å². The number of aromatic nitrogens is 1. The summed E-state index contributed by atoms with van der Waals surface area (Å²) in [4.78, 5) is 33.2. The van der Waals surface area contributed by atoms with Crippen LogP contribution in [0.3, 0.4) is 0 Å². The van der Waals surface area contributed by atoms with Gasteiger partial charge in [0.05, 0.1) is 18.7 Å². The molecule has 0 saturated carbocycles. The Bertz CT molecular complexity index is 873. The normalized spacial score (nSPS) is 22.7. The third-order valence-electron chi connectivity index (χ3n) is 5.62. The Hall–Kier alpha value is -2.93. The van der Waals surface area contributed by atoms with E-state index in [0.29, 0.717) is 18.7 Å². The smallest absolute Gasteiger partial charge is 0.318 e. The van der Waals surface area contributed by atoms with Gasteiger partial charge in [-0.15, -0.1) is 0 Å². The van der Waals surface area contributed by atoms with Gasteiger partial charge in [0.15, 0.2) is 0 Å². The molecular formula is C21H24N4O3. The number of hydrogen-bond acceptors (Lipinski definition) is 4. The van der Waals surface area contributed by atoms with Crippen LogP contribution in [0.5, 0.6) is 0 Å². The van der Waals surface area contributed by atoms with Gasteiger partial charge in [-0.2, -0.15) is 0 Å². The topological polar surface area (TPSA) is 85.8 Å². The number of amides is 3. The minimum Gasteiger partial charge on any atom is -0.394 e. The zero-order chi connectivity index (χ0) is 19.7. The van der Waals surface area contributed by atoms with Gasteiger partial charge in [-0.05, 0) is 30.2 Å². The quantitative estimate of drug-likeness (QED) is 0.849. The van der Waals surface area contributed by atoms with Gasteiger partial charge in [-0.1, -0.05) is 25.1 Å². The van der Waals surface area contributed by atoms with Crippen LogP contribution in [-0.4, -0.2) is 58.7 Å². The molecule has 7 nitrogen and oxygen atoms in total. The molecule has 1 fully saturated rings. The second-order valence-corrected chi connectivity index (χ2v) is 7.19. The van der Waals surface area contributed by atoms with Crippen molar-refractivity contribution in [2.75, 3.05) is 24.6 Å². The lowest BCUT2D eigenvalue weighted by molar-refractivity contribution is -0.00750. The van der Waals surface area contributed by atoms with Crippen LogP contribution in [0.1, 0.15) is 35.2 Å². The van der Waals surface area contributed by atoms with Crippen molar-refractivity contribution < 1.29 is 14.7 Å². The van der Waals surface area contributed by atoms with E-state index < -0.39 is 0 Å². The first-order valence-corrected chi connectivity index (χ1v) is 9.65. The van der Waals surface area contributed by atoms with Crippen LogP contribution in [0.25, 0.3) is 0 Å². The first kappa shape index (κ1) is 18.4. The molecule has 1 aromatic carbocycles. The number of pyridine rings is 1. The van der Waals surface area contributed by atoms with Crippen LogP contribution < -0.4 is 10.2 Å². The molecule has 0 bridgehead atoms. The Kier molecular flexibility index (Phi) is 5.00. The number of aliphatic hydroxyl groups is 1. The number of nitrogens with one attached hydrogen (secondary N) is 1. The van der Waals surface area contributed by atoms with Crippen LogP contribution in [0.15, 0.2) is 48.8 Å². The SMILES string of the molecule is CCCNC(=O)N1[C@@H]2CN(C(=O)c3ccncc3)c3ccccc3[C@@H]2[C@@H]1CO. The van der Waals surface area contributed by atoms with Crippen LogP contribution >= 0.6 is 0 Å². The highest BCUT2D eigenvalue weighted by molar-refractivity contribution is 6.07. The maximum absolute atomic E-state index is 13.2. The third kappa shape index (κ3) is 2.92. The molecule has 28 heavy (non-hydrogen) atoms. The van der Waals surface area contributed by atoms with Crippen molar-refractivity contribution in [3.05, 3.63) is 59.9 Å². The van der Waals surface area contributed by atoms with Crippen LogP contribution in [0.2, 0.25) is 0 Å². The Morgan fingerprint density at radius 1 is 1.21 bits per heavy atom. The zero-order valence-electron chi connectivity index (χ0n) is 15.8. The van der Waals surface area contributed by atoms with E-state index in [9.17, 15) is 14.7 Å². The number of anilines is 1. The lowest BCUT2D eigenvalue weighted by atomic mass is 9.72. The summed E-state index contributed by atoms with van der Waals surface area (Å²) in [7, 11) is 0. The van der Waals surface area contributed by atoms with Crippen molar-refractivity contribution in [2.45, 2.75) is 31.3 Å². The molecule has 2 N–H and O–H groups in total. The summed E-state index contributed by atoms with van der Waals surface area (Å²) in [5, 5.41) is 12.8. The predicted molar refractivity (Wildman–Crippen MR) is 105 cm³/mol. The standard InChI is InChI=1S/C21H24N4O3/c1-2-9-23-21(28)25-17-12-24(20(27)14-7-10-22-11-8-14)16-6-4-3-5-15(16)19(17)18(25)13-26/h3-8,10-11,17-19,26H,2,9,12-13H2,1H3,(H,23,28)/t17-,18+,19+/m1/s1. The van der Waals surface area contributed by atoms with Gasteiger partial charge in [0.1, 0.15) is 0 Å². The number of hydrogen-bond donors (Lipinski definition) is 2. The van der Waals surface area contributed by atoms with Gasteiger partial charge in [-0.3, -0.25) is 9.78 Å². The lowest BCUT2D eigenvalue weighted by Gasteiger charge is -2.58. The van der Waals surface area contributed by atoms with E-state index in [-0.39, 0.29) is 36.5 Å². The van der Waals surface area contributed by atoms with Gasteiger partial charge in [0, 0.05) is 42.7 Å². The summed E-state index contributed by atoms with van der Waals surface area (Å²) in [5.41, 5.74) is 2.40. The molecule has 2 aliphatic rings. The van der Waals surface area contributed by atoms with Crippen molar-refractivity contribution in [1.82, 2.24) is 15.2 Å². The molecule has 0 aliphatic carbocycles. The number of carbonyl (C=O) groups excluding carboxylic acids is 2. The van der Waals surface area contributed by atoms with E-state index in [0.717, 1.165) is 17.7 Å². The van der Waals surface area contributed by atoms with E-state index in [2.05, 4.69) is 10.3 Å². The largest absolute Gasteiger partial charge is 0.394 e. The number of fused-ring (bicyclic) bond motifs is 3. The molecule has 3 amide bonds. The van der Waals surface area contributed by atoms with Crippen molar-refractivity contribution in [3.63, 3.8) is 0 Å². The summed E-state index contributed by atoms with van der Waals surface area (Å²) < 4.78 is 0. The van der Waals surface area contributed by atoms with Crippen LogP contribution in [-0.2, 0) is 0 Å². The second kappa shape index (κ2) is 7.59. The summed E-state index contributed by atoms with van der Waals surface area (Å²) in [6.07, 6.45) is 4.04. The van der Waals surface area contributed by atoms with Gasteiger partial charge in [0.2, 0.25) is 0 Å². The zero-order valence-corrected chi connectivity index (χ0v) is 15.8. The van der Waals surface area contributed by atoms with Crippen LogP contribution in [0, 0.1) is 0 Å². The summed E-state index contributed by atoms with van der Waals surface area (Å²) in [6, 6.07) is 10.5. The highest BCUT2D eigenvalue weighted by Gasteiger charge is 2.55. The van der Waals surface area contributed by atoms with E-state index in [1.54, 1.807) is 34.3 Å². The number of carbonyl (C=O) groups is 2. The Morgan fingerprint density at radius 2 is 1.96 bits per heavy atom. The maximum atomic E-state index is 13.2. The summed E-state index contributed by atoms with van der Waals surface area (Å²) in [6.45, 7) is 2.88. The molecule has 1 saturated heterocycles. The molecule has 0 radical (unpaired) electrons. The number of benzene rings is 1. The Labute approximate surface area is 164 Å². The van der Waals surface area contributed by atoms with E-state index in [1.807, 2.05) is 31.2 Å². The molecule has 2 aliphatic heterocycles. The van der Waals surface area contributed by atoms with Gasteiger partial charge in [-0.25, -0.2) is 4.79 Å². The monoisotopic (exact) mass is 380 g/mol. The number of para-hydroxylation sites is 1. The summed E-state index contributed by atoms with van der Waals surface area (Å²) in [5.74, 6) is -0.0928. The fourth-order valence-corrected chi connectivity index (χ4v) is 4.33. The minimum absolute atomic E-state index is 0.0232. The highest BCUT2D eigenvalue weighted by Crippen LogP contribution is 2.48. The average Bonchev–Trinajstić information content (AvgIpc) is 2.72. The number of likely N-dealkylation sites (tertiary alicyclic amines) is 1. The lowest BCUT2D eigenvalue weighted by Crippen LogP contribution is -2.72. The number of nitrogens with zero attached hydrogens (tertiary/aromatic N) is 3. The number of aliphatic hydroxyl groups excluding tert-OH is 1. The number of rotatable bonds is 4. The molecule has 2 aromatic rings. The Morgan fingerprint density at radius 3 is 2.68 bits per heavy atom. The second-order valence-electron chi connectivity index (χ2n) is 7.19. The molecule has 1 aromatic heterocycles. The van der Waals surface area contributed by atoms with Gasteiger partial charge in [0.25, 0.3) is 5.91 Å². The average molecular weight is 380 g/mol. The first-order valence-electron chi connectivity index (χ1n) is 9.65. The van der Waals surface area contributed by atoms with Crippen molar-refractivity contribution >= 4 is 17.6 Å².